The third-order valence-corrected chi connectivity index (χ3v) is 3.73. The van der Waals surface area contributed by atoms with Gasteiger partial charge in [-0.15, -0.1) is 6.58 Å². The lowest BCUT2D eigenvalue weighted by Gasteiger charge is -2.00. The molecule has 0 aliphatic carbocycles. The summed E-state index contributed by atoms with van der Waals surface area (Å²) in [6.45, 7) is 4.45. The first-order chi connectivity index (χ1) is 11.2. The second kappa shape index (κ2) is 6.33. The van der Waals surface area contributed by atoms with E-state index in [1.165, 1.54) is 6.07 Å². The third kappa shape index (κ3) is 2.79. The quantitative estimate of drug-likeness (QED) is 0.491. The Hall–Kier alpha value is -3.12. The van der Waals surface area contributed by atoms with Crippen molar-refractivity contribution in [3.63, 3.8) is 0 Å². The van der Waals surface area contributed by atoms with Crippen molar-refractivity contribution in [3.8, 4) is 6.07 Å². The molecular weight excluding hydrogens is 287 g/mol. The van der Waals surface area contributed by atoms with Crippen molar-refractivity contribution in [1.82, 2.24) is 4.57 Å². The Morgan fingerprint density at radius 2 is 1.91 bits per heavy atom. The molecule has 2 nitrogen and oxygen atoms in total. The first-order valence-corrected chi connectivity index (χ1v) is 7.30. The van der Waals surface area contributed by atoms with E-state index in [1.807, 2.05) is 36.5 Å². The van der Waals surface area contributed by atoms with Gasteiger partial charge in [-0.3, -0.25) is 0 Å². The molecule has 3 rings (SSSR count). The summed E-state index contributed by atoms with van der Waals surface area (Å²) >= 11 is 0. The van der Waals surface area contributed by atoms with Crippen LogP contribution in [0.3, 0.4) is 0 Å². The SMILES string of the molecule is C=CCn1cc(/C=C(\C#N)c2ccccc2F)c2ccccc21. The Morgan fingerprint density at radius 1 is 1.17 bits per heavy atom. The van der Waals surface area contributed by atoms with E-state index in [0.717, 1.165) is 16.5 Å². The Bertz CT molecular complexity index is 942. The van der Waals surface area contributed by atoms with E-state index < -0.39 is 5.82 Å². The fourth-order valence-electron chi connectivity index (χ4n) is 2.69. The maximum Gasteiger partial charge on any atom is 0.131 e. The average Bonchev–Trinajstić information content (AvgIpc) is 2.92. The maximum atomic E-state index is 14.0. The number of benzene rings is 2. The van der Waals surface area contributed by atoms with Gasteiger partial charge in [-0.1, -0.05) is 42.5 Å². The summed E-state index contributed by atoms with van der Waals surface area (Å²) in [6, 6.07) is 16.4. The number of hydrogen-bond acceptors (Lipinski definition) is 1. The largest absolute Gasteiger partial charge is 0.343 e. The Labute approximate surface area is 134 Å². The molecule has 112 valence electrons. The normalized spacial score (nSPS) is 11.4. The Balaban J connectivity index is 2.18. The molecule has 1 heterocycles. The zero-order valence-electron chi connectivity index (χ0n) is 12.5. The molecule has 0 fully saturated rings. The highest BCUT2D eigenvalue weighted by atomic mass is 19.1. The molecule has 0 radical (unpaired) electrons. The number of rotatable bonds is 4. The van der Waals surface area contributed by atoms with E-state index >= 15 is 0 Å². The molecule has 2 aromatic carbocycles. The molecule has 0 atom stereocenters. The fourth-order valence-corrected chi connectivity index (χ4v) is 2.69. The van der Waals surface area contributed by atoms with Crippen molar-refractivity contribution >= 4 is 22.6 Å². The second-order valence-corrected chi connectivity index (χ2v) is 5.19. The topological polar surface area (TPSA) is 28.7 Å². The average molecular weight is 302 g/mol. The van der Waals surface area contributed by atoms with Crippen molar-refractivity contribution < 1.29 is 4.39 Å². The molecule has 0 saturated carbocycles. The molecule has 0 N–H and O–H groups in total. The second-order valence-electron chi connectivity index (χ2n) is 5.19. The zero-order valence-corrected chi connectivity index (χ0v) is 12.5. The standard InChI is InChI=1S/C20H15FN2/c1-2-11-23-14-16(18-8-4-6-10-20(18)23)12-15(13-22)17-7-3-5-9-19(17)21/h2-10,12,14H,1,11H2/b15-12+. The van der Waals surface area contributed by atoms with Crippen LogP contribution in [0.5, 0.6) is 0 Å². The third-order valence-electron chi connectivity index (χ3n) is 3.73. The number of hydrogen-bond donors (Lipinski definition) is 0. The number of fused-ring (bicyclic) bond motifs is 1. The molecule has 3 heteroatoms. The van der Waals surface area contributed by atoms with Crippen LogP contribution in [-0.2, 0) is 6.54 Å². The van der Waals surface area contributed by atoms with Crippen molar-refractivity contribution in [1.29, 1.82) is 5.26 Å². The van der Waals surface area contributed by atoms with Crippen LogP contribution in [0.15, 0.2) is 67.4 Å². The van der Waals surface area contributed by atoms with Crippen LogP contribution in [0, 0.1) is 17.1 Å². The minimum absolute atomic E-state index is 0.310. The van der Waals surface area contributed by atoms with Crippen LogP contribution in [0.4, 0.5) is 4.39 Å². The lowest BCUT2D eigenvalue weighted by atomic mass is 10.0. The molecule has 3 aromatic rings. The fraction of sp³-hybridized carbons (Fsp3) is 0.0500. The minimum Gasteiger partial charge on any atom is -0.343 e. The zero-order chi connectivity index (χ0) is 16.2. The number of halogens is 1. The Kier molecular flexibility index (Phi) is 4.07. The van der Waals surface area contributed by atoms with Gasteiger partial charge in [0.15, 0.2) is 0 Å². The van der Waals surface area contributed by atoms with E-state index in [0.29, 0.717) is 17.7 Å². The molecule has 0 aliphatic rings. The van der Waals surface area contributed by atoms with Gasteiger partial charge in [-0.2, -0.15) is 5.26 Å². The molecule has 0 amide bonds. The summed E-state index contributed by atoms with van der Waals surface area (Å²) < 4.78 is 16.0. The number of allylic oxidation sites excluding steroid dienone is 2. The van der Waals surface area contributed by atoms with Crippen molar-refractivity contribution in [2.45, 2.75) is 6.54 Å². The monoisotopic (exact) mass is 302 g/mol. The first-order valence-electron chi connectivity index (χ1n) is 7.30. The number of para-hydroxylation sites is 1. The van der Waals surface area contributed by atoms with Crippen LogP contribution < -0.4 is 0 Å². The van der Waals surface area contributed by atoms with Crippen molar-refractivity contribution in [2.75, 3.05) is 0 Å². The van der Waals surface area contributed by atoms with Crippen LogP contribution in [-0.4, -0.2) is 4.57 Å². The van der Waals surface area contributed by atoms with E-state index in [-0.39, 0.29) is 0 Å². The van der Waals surface area contributed by atoms with Crippen LogP contribution in [0.2, 0.25) is 0 Å². The lowest BCUT2D eigenvalue weighted by Crippen LogP contribution is -1.91. The van der Waals surface area contributed by atoms with Gasteiger partial charge in [0.25, 0.3) is 0 Å². The highest BCUT2D eigenvalue weighted by Crippen LogP contribution is 2.27. The van der Waals surface area contributed by atoms with Crippen LogP contribution in [0.1, 0.15) is 11.1 Å². The molecule has 0 spiro atoms. The van der Waals surface area contributed by atoms with Gasteiger partial charge >= 0.3 is 0 Å². The van der Waals surface area contributed by atoms with E-state index in [2.05, 4.69) is 17.2 Å². The summed E-state index contributed by atoms with van der Waals surface area (Å²) in [7, 11) is 0. The van der Waals surface area contributed by atoms with Crippen molar-refractivity contribution in [2.24, 2.45) is 0 Å². The molecule has 0 bridgehead atoms. The molecule has 1 aromatic heterocycles. The van der Waals surface area contributed by atoms with Gasteiger partial charge in [0.1, 0.15) is 5.82 Å². The van der Waals surface area contributed by atoms with Crippen LogP contribution in [0.25, 0.3) is 22.6 Å². The number of nitriles is 1. The predicted octanol–water partition coefficient (Wildman–Crippen LogP) is 5.03. The lowest BCUT2D eigenvalue weighted by molar-refractivity contribution is 0.624. The van der Waals surface area contributed by atoms with E-state index in [9.17, 15) is 9.65 Å². The van der Waals surface area contributed by atoms with Gasteiger partial charge in [0, 0.05) is 34.8 Å². The van der Waals surface area contributed by atoms with Gasteiger partial charge in [0.05, 0.1) is 11.6 Å². The van der Waals surface area contributed by atoms with Crippen molar-refractivity contribution in [3.05, 3.63) is 84.3 Å². The smallest absolute Gasteiger partial charge is 0.131 e. The maximum absolute atomic E-state index is 14.0. The highest BCUT2D eigenvalue weighted by molar-refractivity contribution is 5.98. The number of aromatic nitrogens is 1. The summed E-state index contributed by atoms with van der Waals surface area (Å²) in [5.74, 6) is -0.393. The van der Waals surface area contributed by atoms with Gasteiger partial charge in [-0.05, 0) is 18.2 Å². The predicted molar refractivity (Wildman–Crippen MR) is 92.0 cm³/mol. The molecule has 0 unspecified atom stereocenters. The minimum atomic E-state index is -0.393. The molecule has 0 saturated heterocycles. The first kappa shape index (κ1) is 14.8. The summed E-state index contributed by atoms with van der Waals surface area (Å²) in [5.41, 5.74) is 2.58. The summed E-state index contributed by atoms with van der Waals surface area (Å²) in [6.07, 6.45) is 5.52. The van der Waals surface area contributed by atoms with Gasteiger partial charge in [-0.25, -0.2) is 4.39 Å². The van der Waals surface area contributed by atoms with E-state index in [1.54, 1.807) is 24.3 Å². The number of nitrogens with zero attached hydrogens (tertiary/aromatic N) is 2. The van der Waals surface area contributed by atoms with Gasteiger partial charge < -0.3 is 4.57 Å². The van der Waals surface area contributed by atoms with Crippen LogP contribution >= 0.6 is 0 Å². The Morgan fingerprint density at radius 3 is 2.65 bits per heavy atom. The van der Waals surface area contributed by atoms with Gasteiger partial charge in [0.2, 0.25) is 0 Å². The summed E-state index contributed by atoms with van der Waals surface area (Å²) in [4.78, 5) is 0. The highest BCUT2D eigenvalue weighted by Gasteiger charge is 2.10. The molecular formula is C20H15FN2. The molecule has 0 aliphatic heterocycles. The van der Waals surface area contributed by atoms with E-state index in [4.69, 9.17) is 0 Å². The molecule has 23 heavy (non-hydrogen) atoms. The summed E-state index contributed by atoms with van der Waals surface area (Å²) in [5, 5.41) is 10.5.